The molecule has 182 valence electrons. The van der Waals surface area contributed by atoms with Gasteiger partial charge in [0.25, 0.3) is 0 Å². The van der Waals surface area contributed by atoms with Crippen molar-refractivity contribution in [2.45, 2.75) is 31.6 Å². The number of aryl methyl sites for hydroxylation is 2. The molecule has 2 saturated heterocycles. The van der Waals surface area contributed by atoms with Crippen LogP contribution in [0.25, 0.3) is 0 Å². The van der Waals surface area contributed by atoms with Crippen LogP contribution in [0.3, 0.4) is 0 Å². The number of nitrogens with one attached hydrogen (secondary N) is 2. The van der Waals surface area contributed by atoms with E-state index >= 15 is 0 Å². The van der Waals surface area contributed by atoms with Crippen LogP contribution in [0, 0.1) is 13.8 Å². The van der Waals surface area contributed by atoms with E-state index in [1.807, 2.05) is 25.1 Å². The number of carbonyl (C=O) groups excluding carboxylic acids is 2. The van der Waals surface area contributed by atoms with Crippen molar-refractivity contribution in [3.05, 3.63) is 47.5 Å². The quantitative estimate of drug-likeness (QED) is 0.623. The number of sulfonamides is 1. The summed E-state index contributed by atoms with van der Waals surface area (Å²) in [5, 5.41) is 5.86. The molecule has 0 atom stereocenters. The zero-order valence-electron chi connectivity index (χ0n) is 19.5. The van der Waals surface area contributed by atoms with Crippen molar-refractivity contribution >= 4 is 38.9 Å². The van der Waals surface area contributed by atoms with Crippen molar-refractivity contribution in [1.82, 2.24) is 4.31 Å². The first-order chi connectivity index (χ1) is 16.3. The van der Waals surface area contributed by atoms with Crippen molar-refractivity contribution < 1.29 is 22.7 Å². The molecule has 2 amide bonds. The van der Waals surface area contributed by atoms with Gasteiger partial charge in [-0.1, -0.05) is 6.07 Å². The van der Waals surface area contributed by atoms with Crippen LogP contribution in [-0.4, -0.2) is 63.9 Å². The second-order valence-corrected chi connectivity index (χ2v) is 10.5. The predicted octanol–water partition coefficient (Wildman–Crippen LogP) is 2.50. The van der Waals surface area contributed by atoms with Gasteiger partial charge in [-0.05, 0) is 61.7 Å². The Morgan fingerprint density at radius 2 is 1.74 bits per heavy atom. The fourth-order valence-corrected chi connectivity index (χ4v) is 5.90. The number of nitrogens with zero attached hydrogens (tertiary/aromatic N) is 2. The van der Waals surface area contributed by atoms with Crippen LogP contribution >= 0.6 is 0 Å². The van der Waals surface area contributed by atoms with Gasteiger partial charge < -0.3 is 20.3 Å². The molecule has 0 saturated carbocycles. The number of amides is 2. The van der Waals surface area contributed by atoms with Gasteiger partial charge in [-0.25, -0.2) is 8.42 Å². The second-order valence-electron chi connectivity index (χ2n) is 8.55. The Morgan fingerprint density at radius 1 is 1.00 bits per heavy atom. The fourth-order valence-electron chi connectivity index (χ4n) is 4.24. The molecule has 9 nitrogen and oxygen atoms in total. The van der Waals surface area contributed by atoms with Gasteiger partial charge in [-0.3, -0.25) is 9.59 Å². The van der Waals surface area contributed by atoms with Gasteiger partial charge >= 0.3 is 0 Å². The van der Waals surface area contributed by atoms with Crippen molar-refractivity contribution in [2.75, 3.05) is 54.9 Å². The van der Waals surface area contributed by atoms with E-state index < -0.39 is 10.0 Å². The van der Waals surface area contributed by atoms with E-state index in [9.17, 15) is 18.0 Å². The van der Waals surface area contributed by atoms with Crippen LogP contribution in [0.1, 0.15) is 24.0 Å². The summed E-state index contributed by atoms with van der Waals surface area (Å²) < 4.78 is 32.8. The van der Waals surface area contributed by atoms with E-state index in [1.54, 1.807) is 24.0 Å². The van der Waals surface area contributed by atoms with Crippen molar-refractivity contribution in [3.8, 4) is 0 Å². The molecule has 10 heteroatoms. The summed E-state index contributed by atoms with van der Waals surface area (Å²) in [4.78, 5) is 26.5. The average molecular weight is 487 g/mol. The van der Waals surface area contributed by atoms with Gasteiger partial charge in [-0.15, -0.1) is 0 Å². The van der Waals surface area contributed by atoms with E-state index in [0.29, 0.717) is 44.0 Å². The van der Waals surface area contributed by atoms with E-state index in [1.165, 1.54) is 10.4 Å². The normalized spacial score (nSPS) is 17.1. The summed E-state index contributed by atoms with van der Waals surface area (Å²) in [6, 6.07) is 10.5. The third-order valence-electron chi connectivity index (χ3n) is 6.07. The lowest BCUT2D eigenvalue weighted by molar-refractivity contribution is -0.117. The number of carbonyl (C=O) groups is 2. The predicted molar refractivity (Wildman–Crippen MR) is 131 cm³/mol. The average Bonchev–Trinajstić information content (AvgIpc) is 3.25. The number of morpholine rings is 1. The number of ether oxygens (including phenoxy) is 1. The molecule has 0 radical (unpaired) electrons. The molecule has 4 rings (SSSR count). The van der Waals surface area contributed by atoms with Crippen LogP contribution in [0.2, 0.25) is 0 Å². The summed E-state index contributed by atoms with van der Waals surface area (Å²) in [7, 11) is -3.67. The van der Waals surface area contributed by atoms with Crippen molar-refractivity contribution in [2.24, 2.45) is 0 Å². The van der Waals surface area contributed by atoms with Gasteiger partial charge in [0.05, 0.1) is 24.7 Å². The standard InChI is InChI=1S/C24H30N4O5S/c1-17-5-6-20(15-22(17)34(31,32)27-10-12-33-13-11-27)26-23(29)16-25-19-7-8-21(18(2)14-19)28-9-3-4-24(28)30/h5-8,14-15,25H,3-4,9-13,16H2,1-2H3,(H,26,29). The first-order valence-corrected chi connectivity index (χ1v) is 12.8. The van der Waals surface area contributed by atoms with Crippen LogP contribution in [0.4, 0.5) is 17.1 Å². The Bertz CT molecular complexity index is 1190. The zero-order chi connectivity index (χ0) is 24.3. The van der Waals surface area contributed by atoms with Gasteiger partial charge in [0, 0.05) is 43.1 Å². The first kappa shape index (κ1) is 24.2. The van der Waals surface area contributed by atoms with Crippen molar-refractivity contribution in [3.63, 3.8) is 0 Å². The van der Waals surface area contributed by atoms with Gasteiger partial charge in [0.15, 0.2) is 0 Å². The number of anilines is 3. The summed E-state index contributed by atoms with van der Waals surface area (Å²) in [5.41, 5.74) is 3.66. The molecule has 34 heavy (non-hydrogen) atoms. The highest BCUT2D eigenvalue weighted by Crippen LogP contribution is 2.28. The van der Waals surface area contributed by atoms with E-state index in [-0.39, 0.29) is 23.3 Å². The first-order valence-electron chi connectivity index (χ1n) is 11.4. The van der Waals surface area contributed by atoms with Crippen molar-refractivity contribution in [1.29, 1.82) is 0 Å². The molecule has 2 aliphatic heterocycles. The number of hydrogen-bond donors (Lipinski definition) is 2. The van der Waals surface area contributed by atoms with Gasteiger partial charge in [-0.2, -0.15) is 4.31 Å². The van der Waals surface area contributed by atoms with Gasteiger partial charge in [0.2, 0.25) is 21.8 Å². The molecule has 2 aromatic carbocycles. The summed E-state index contributed by atoms with van der Waals surface area (Å²) in [6.45, 7) is 5.79. The molecule has 2 N–H and O–H groups in total. The molecular weight excluding hydrogens is 456 g/mol. The van der Waals surface area contributed by atoms with Crippen LogP contribution in [-0.2, 0) is 24.3 Å². The molecule has 0 aliphatic carbocycles. The molecule has 2 aliphatic rings. The topological polar surface area (TPSA) is 108 Å². The Kier molecular flexibility index (Phi) is 7.20. The summed E-state index contributed by atoms with van der Waals surface area (Å²) in [5.74, 6) is -0.161. The highest BCUT2D eigenvalue weighted by atomic mass is 32.2. The maximum atomic E-state index is 13.1. The van der Waals surface area contributed by atoms with Crippen LogP contribution in [0.15, 0.2) is 41.3 Å². The van der Waals surface area contributed by atoms with E-state index in [4.69, 9.17) is 4.74 Å². The number of hydrogen-bond acceptors (Lipinski definition) is 6. The lowest BCUT2D eigenvalue weighted by atomic mass is 10.1. The molecule has 2 aromatic rings. The summed E-state index contributed by atoms with van der Waals surface area (Å²) in [6.07, 6.45) is 1.45. The molecule has 0 unspecified atom stereocenters. The van der Waals surface area contributed by atoms with Crippen LogP contribution < -0.4 is 15.5 Å². The highest BCUT2D eigenvalue weighted by molar-refractivity contribution is 7.89. The molecular formula is C24H30N4O5S. The van der Waals surface area contributed by atoms with Gasteiger partial charge in [0.1, 0.15) is 0 Å². The SMILES string of the molecule is Cc1cc(NCC(=O)Nc2ccc(C)c(S(=O)(=O)N3CCOCC3)c2)ccc1N1CCCC1=O. The minimum atomic E-state index is -3.67. The minimum absolute atomic E-state index is 0.0147. The van der Waals surface area contributed by atoms with E-state index in [2.05, 4.69) is 10.6 Å². The lowest BCUT2D eigenvalue weighted by Gasteiger charge is -2.26. The Labute approximate surface area is 200 Å². The molecule has 0 aromatic heterocycles. The second kappa shape index (κ2) is 10.1. The Morgan fingerprint density at radius 3 is 2.41 bits per heavy atom. The monoisotopic (exact) mass is 486 g/mol. The van der Waals surface area contributed by atoms with E-state index in [0.717, 1.165) is 29.9 Å². The zero-order valence-corrected chi connectivity index (χ0v) is 20.3. The maximum absolute atomic E-state index is 13.1. The highest BCUT2D eigenvalue weighted by Gasteiger charge is 2.28. The third-order valence-corrected chi connectivity index (χ3v) is 8.11. The number of benzene rings is 2. The molecule has 2 heterocycles. The lowest BCUT2D eigenvalue weighted by Crippen LogP contribution is -2.40. The molecule has 2 fully saturated rings. The Balaban J connectivity index is 1.39. The largest absolute Gasteiger partial charge is 0.379 e. The number of rotatable bonds is 7. The maximum Gasteiger partial charge on any atom is 0.243 e. The fraction of sp³-hybridized carbons (Fsp3) is 0.417. The summed E-state index contributed by atoms with van der Waals surface area (Å²) >= 11 is 0. The molecule has 0 spiro atoms. The van der Waals surface area contributed by atoms with Crippen LogP contribution in [0.5, 0.6) is 0 Å². The Hall–Kier alpha value is -2.95. The smallest absolute Gasteiger partial charge is 0.243 e. The third kappa shape index (κ3) is 5.24. The molecule has 0 bridgehead atoms. The minimum Gasteiger partial charge on any atom is -0.379 e.